The lowest BCUT2D eigenvalue weighted by Crippen LogP contribution is -2.65. The number of rotatable bonds is 3. The van der Waals surface area contributed by atoms with E-state index >= 15 is 0 Å². The molecule has 0 radical (unpaired) electrons. The Morgan fingerprint density at radius 3 is 2.42 bits per heavy atom. The van der Waals surface area contributed by atoms with E-state index in [1.54, 1.807) is 25.1 Å². The first-order valence-corrected chi connectivity index (χ1v) is 13.3. The molecule has 0 unspecified atom stereocenters. The number of cyclic esters (lactones) is 1. The number of ether oxygens (including phenoxy) is 2. The summed E-state index contributed by atoms with van der Waals surface area (Å²) in [5.74, 6) is 0.594. The first-order valence-electron chi connectivity index (χ1n) is 13.3. The van der Waals surface area contributed by atoms with E-state index in [1.807, 2.05) is 24.3 Å². The standard InChI is InChI=1S/C31H38O5/c1-20(27(34)36-22-9-7-6-8-10-22)17-21-11-12-24-29(4,31(21)18-26(33)35-19-31)16-13-23-28(2,3)15-14-25(32)30(23,24)5/h6-10,14-15,17,21,23-24H,11-13,16,18-19H2,1-5H3/b20-17+/t21-,23+,24+,29-,30+,31+/m1/s1. The van der Waals surface area contributed by atoms with Crippen molar-refractivity contribution in [3.8, 4) is 5.75 Å². The van der Waals surface area contributed by atoms with Crippen molar-refractivity contribution < 1.29 is 23.9 Å². The average Bonchev–Trinajstić information content (AvgIpc) is 3.23. The Balaban J connectivity index is 1.51. The molecule has 0 amide bonds. The SMILES string of the molecule is C/C(=C\[C@H]1CC[C@@H]2[C@@]3(C)C(=O)C=CC(C)(C)[C@@H]3CC[C@@]2(C)[C@@]12COC(=O)C2)C(=O)Oc1ccccc1. The summed E-state index contributed by atoms with van der Waals surface area (Å²) in [7, 11) is 0. The minimum absolute atomic E-state index is 0.00378. The Morgan fingerprint density at radius 1 is 1.03 bits per heavy atom. The second kappa shape index (κ2) is 8.43. The monoisotopic (exact) mass is 490 g/mol. The second-order valence-electron chi connectivity index (χ2n) is 12.6. The maximum atomic E-state index is 13.6. The number of esters is 2. The molecular formula is C31H38O5. The summed E-state index contributed by atoms with van der Waals surface area (Å²) in [6.07, 6.45) is 9.83. The summed E-state index contributed by atoms with van der Waals surface area (Å²) in [5, 5.41) is 0. The van der Waals surface area contributed by atoms with Crippen LogP contribution in [0.5, 0.6) is 5.75 Å². The molecule has 4 aliphatic rings. The maximum Gasteiger partial charge on any atom is 0.338 e. The van der Waals surface area contributed by atoms with Crippen LogP contribution in [0.3, 0.4) is 0 Å². The third-order valence-electron chi connectivity index (χ3n) is 10.6. The van der Waals surface area contributed by atoms with Crippen molar-refractivity contribution in [2.75, 3.05) is 6.61 Å². The largest absolute Gasteiger partial charge is 0.465 e. The van der Waals surface area contributed by atoms with Gasteiger partial charge in [-0.05, 0) is 79.4 Å². The van der Waals surface area contributed by atoms with Gasteiger partial charge in [-0.1, -0.05) is 58.0 Å². The number of para-hydroxylation sites is 1. The highest BCUT2D eigenvalue weighted by atomic mass is 16.5. The van der Waals surface area contributed by atoms with Crippen molar-refractivity contribution in [3.63, 3.8) is 0 Å². The summed E-state index contributed by atoms with van der Waals surface area (Å²) in [4.78, 5) is 39.2. The normalized spacial score (nSPS) is 39.4. The van der Waals surface area contributed by atoms with E-state index < -0.39 is 10.8 Å². The fourth-order valence-electron chi connectivity index (χ4n) is 8.62. The predicted octanol–water partition coefficient (Wildman–Crippen LogP) is 6.09. The molecule has 1 aromatic rings. The van der Waals surface area contributed by atoms with Crippen LogP contribution in [0, 0.1) is 39.4 Å². The fraction of sp³-hybridized carbons (Fsp3) is 0.581. The first-order chi connectivity index (χ1) is 16.9. The third kappa shape index (κ3) is 3.53. The molecule has 1 saturated heterocycles. The van der Waals surface area contributed by atoms with Crippen molar-refractivity contribution in [3.05, 3.63) is 54.1 Å². The van der Waals surface area contributed by atoms with Gasteiger partial charge in [-0.3, -0.25) is 9.59 Å². The lowest BCUT2D eigenvalue weighted by atomic mass is 9.35. The lowest BCUT2D eigenvalue weighted by Gasteiger charge is -2.67. The molecule has 3 aliphatic carbocycles. The molecule has 1 heterocycles. The zero-order valence-corrected chi connectivity index (χ0v) is 22.1. The molecule has 6 atom stereocenters. The molecule has 5 heteroatoms. The summed E-state index contributed by atoms with van der Waals surface area (Å²) >= 11 is 0. The van der Waals surface area contributed by atoms with Gasteiger partial charge in [0.15, 0.2) is 5.78 Å². The summed E-state index contributed by atoms with van der Waals surface area (Å²) < 4.78 is 11.3. The molecule has 0 N–H and O–H groups in total. The number of carbonyl (C=O) groups is 3. The van der Waals surface area contributed by atoms with Crippen LogP contribution in [0.4, 0.5) is 0 Å². The average molecular weight is 491 g/mol. The van der Waals surface area contributed by atoms with Gasteiger partial charge in [0, 0.05) is 16.4 Å². The molecule has 1 aliphatic heterocycles. The molecular weight excluding hydrogens is 452 g/mol. The smallest absolute Gasteiger partial charge is 0.338 e. The van der Waals surface area contributed by atoms with E-state index in [0.717, 1.165) is 25.7 Å². The van der Waals surface area contributed by atoms with Crippen molar-refractivity contribution in [2.24, 2.45) is 39.4 Å². The molecule has 2 saturated carbocycles. The van der Waals surface area contributed by atoms with Crippen molar-refractivity contribution >= 4 is 17.7 Å². The molecule has 5 nitrogen and oxygen atoms in total. The second-order valence-corrected chi connectivity index (χ2v) is 12.6. The number of benzene rings is 1. The topological polar surface area (TPSA) is 69.7 Å². The Kier molecular flexibility index (Phi) is 5.85. The molecule has 0 aromatic heterocycles. The Bertz CT molecular complexity index is 1150. The maximum absolute atomic E-state index is 13.6. The van der Waals surface area contributed by atoms with E-state index in [9.17, 15) is 14.4 Å². The predicted molar refractivity (Wildman–Crippen MR) is 137 cm³/mol. The Morgan fingerprint density at radius 2 is 1.75 bits per heavy atom. The zero-order valence-electron chi connectivity index (χ0n) is 22.1. The van der Waals surface area contributed by atoms with Crippen LogP contribution in [0.2, 0.25) is 0 Å². The molecule has 1 spiro atoms. The summed E-state index contributed by atoms with van der Waals surface area (Å²) in [6, 6.07) is 9.07. The Labute approximate surface area is 214 Å². The molecule has 5 rings (SSSR count). The molecule has 3 fully saturated rings. The Hall–Kier alpha value is -2.69. The number of hydrogen-bond donors (Lipinski definition) is 0. The van der Waals surface area contributed by atoms with Crippen LogP contribution in [0.25, 0.3) is 0 Å². The van der Waals surface area contributed by atoms with Gasteiger partial charge < -0.3 is 9.47 Å². The number of allylic oxidation sites excluding steroid dienone is 3. The molecule has 1 aromatic carbocycles. The molecule has 192 valence electrons. The number of hydrogen-bond acceptors (Lipinski definition) is 5. The van der Waals surface area contributed by atoms with Crippen LogP contribution in [0.1, 0.15) is 66.7 Å². The molecule has 0 bridgehead atoms. The van der Waals surface area contributed by atoms with E-state index in [0.29, 0.717) is 24.4 Å². The minimum Gasteiger partial charge on any atom is -0.465 e. The van der Waals surface area contributed by atoms with Crippen molar-refractivity contribution in [1.82, 2.24) is 0 Å². The van der Waals surface area contributed by atoms with Crippen LogP contribution in [0.15, 0.2) is 54.1 Å². The van der Waals surface area contributed by atoms with Gasteiger partial charge in [-0.15, -0.1) is 0 Å². The van der Waals surface area contributed by atoms with Crippen LogP contribution >= 0.6 is 0 Å². The quantitative estimate of drug-likeness (QED) is 0.292. The van der Waals surface area contributed by atoms with Crippen LogP contribution < -0.4 is 4.74 Å². The van der Waals surface area contributed by atoms with E-state index in [-0.39, 0.29) is 46.3 Å². The van der Waals surface area contributed by atoms with Gasteiger partial charge in [-0.2, -0.15) is 0 Å². The number of fused-ring (bicyclic) bond motifs is 4. The minimum atomic E-state index is -0.472. The van der Waals surface area contributed by atoms with Crippen LogP contribution in [-0.2, 0) is 19.1 Å². The highest BCUT2D eigenvalue weighted by Crippen LogP contribution is 2.72. The number of carbonyl (C=O) groups excluding carboxylic acids is 3. The first kappa shape index (κ1) is 25.0. The van der Waals surface area contributed by atoms with Crippen molar-refractivity contribution in [2.45, 2.75) is 66.7 Å². The van der Waals surface area contributed by atoms with Gasteiger partial charge in [0.05, 0.1) is 13.0 Å². The zero-order chi connectivity index (χ0) is 25.9. The summed E-state index contributed by atoms with van der Waals surface area (Å²) in [5.41, 5.74) is -0.680. The van der Waals surface area contributed by atoms with E-state index in [1.165, 1.54) is 0 Å². The highest BCUT2D eigenvalue weighted by Gasteiger charge is 2.70. The summed E-state index contributed by atoms with van der Waals surface area (Å²) in [6.45, 7) is 11.1. The van der Waals surface area contributed by atoms with Crippen LogP contribution in [-0.4, -0.2) is 24.3 Å². The van der Waals surface area contributed by atoms with E-state index in [4.69, 9.17) is 9.47 Å². The van der Waals surface area contributed by atoms with Gasteiger partial charge >= 0.3 is 11.9 Å². The third-order valence-corrected chi connectivity index (χ3v) is 10.6. The van der Waals surface area contributed by atoms with Gasteiger partial charge in [0.1, 0.15) is 5.75 Å². The van der Waals surface area contributed by atoms with Gasteiger partial charge in [-0.25, -0.2) is 4.79 Å². The number of ketones is 1. The van der Waals surface area contributed by atoms with Gasteiger partial charge in [0.25, 0.3) is 0 Å². The van der Waals surface area contributed by atoms with Crippen molar-refractivity contribution in [1.29, 1.82) is 0 Å². The fourth-order valence-corrected chi connectivity index (χ4v) is 8.62. The van der Waals surface area contributed by atoms with Gasteiger partial charge in [0.2, 0.25) is 0 Å². The van der Waals surface area contributed by atoms with E-state index in [2.05, 4.69) is 33.8 Å². The lowest BCUT2D eigenvalue weighted by molar-refractivity contribution is -0.191. The highest BCUT2D eigenvalue weighted by molar-refractivity contribution is 5.96. The molecule has 36 heavy (non-hydrogen) atoms.